The molecule has 108 valence electrons. The molecule has 0 saturated heterocycles. The van der Waals surface area contributed by atoms with Crippen molar-refractivity contribution in [2.24, 2.45) is 0 Å². The van der Waals surface area contributed by atoms with Crippen LogP contribution in [-0.4, -0.2) is 22.0 Å². The van der Waals surface area contributed by atoms with Crippen molar-refractivity contribution < 1.29 is 14.8 Å². The molecular weight excluding hydrogens is 260 g/mol. The van der Waals surface area contributed by atoms with Crippen LogP contribution in [0.3, 0.4) is 0 Å². The number of carboxylic acids is 1. The van der Waals surface area contributed by atoms with Crippen LogP contribution in [0.5, 0.6) is 0 Å². The zero-order chi connectivity index (χ0) is 14.5. The summed E-state index contributed by atoms with van der Waals surface area (Å²) < 4.78 is 0. The summed E-state index contributed by atoms with van der Waals surface area (Å²) in [5.74, 6) is -1.00. The number of nitrogens with one attached hydrogen (secondary N) is 1. The molecule has 0 spiro atoms. The SMILES string of the molecule is O=C(O)C(NC1CCCCC1)c1cccc([N+](=O)[O-])c1. The second-order valence-corrected chi connectivity index (χ2v) is 5.12. The number of benzene rings is 1. The predicted molar refractivity (Wildman–Crippen MR) is 73.5 cm³/mol. The topological polar surface area (TPSA) is 92.5 Å². The number of hydrogen-bond acceptors (Lipinski definition) is 4. The van der Waals surface area contributed by atoms with Gasteiger partial charge in [-0.05, 0) is 18.4 Å². The molecule has 1 fully saturated rings. The Morgan fingerprint density at radius 2 is 2.05 bits per heavy atom. The van der Waals surface area contributed by atoms with Crippen molar-refractivity contribution in [3.8, 4) is 0 Å². The summed E-state index contributed by atoms with van der Waals surface area (Å²) in [5, 5.41) is 23.2. The number of aliphatic carboxylic acids is 1. The minimum atomic E-state index is -1.00. The first kappa shape index (κ1) is 14.5. The van der Waals surface area contributed by atoms with E-state index in [-0.39, 0.29) is 11.7 Å². The lowest BCUT2D eigenvalue weighted by Gasteiger charge is -2.26. The Labute approximate surface area is 117 Å². The van der Waals surface area contributed by atoms with Gasteiger partial charge in [-0.1, -0.05) is 31.4 Å². The molecule has 1 unspecified atom stereocenters. The van der Waals surface area contributed by atoms with Crippen LogP contribution in [0, 0.1) is 10.1 Å². The van der Waals surface area contributed by atoms with E-state index in [2.05, 4.69) is 5.32 Å². The van der Waals surface area contributed by atoms with Crippen LogP contribution in [0.15, 0.2) is 24.3 Å². The summed E-state index contributed by atoms with van der Waals surface area (Å²) in [6.07, 6.45) is 5.29. The molecule has 1 aromatic rings. The number of carboxylic acid groups (broad SMARTS) is 1. The maximum absolute atomic E-state index is 11.4. The van der Waals surface area contributed by atoms with Gasteiger partial charge in [-0.25, -0.2) is 0 Å². The lowest BCUT2D eigenvalue weighted by atomic mass is 9.94. The minimum absolute atomic E-state index is 0.0841. The molecule has 0 aromatic heterocycles. The van der Waals surface area contributed by atoms with Gasteiger partial charge in [0.15, 0.2) is 0 Å². The molecular formula is C14H18N2O4. The first-order chi connectivity index (χ1) is 9.58. The zero-order valence-corrected chi connectivity index (χ0v) is 11.1. The fourth-order valence-electron chi connectivity index (χ4n) is 2.63. The molecule has 1 aromatic carbocycles. The normalized spacial score (nSPS) is 17.6. The van der Waals surface area contributed by atoms with Gasteiger partial charge in [-0.3, -0.25) is 20.2 Å². The van der Waals surface area contributed by atoms with Gasteiger partial charge in [0, 0.05) is 18.2 Å². The van der Waals surface area contributed by atoms with E-state index in [1.165, 1.54) is 24.6 Å². The summed E-state index contributed by atoms with van der Waals surface area (Å²) in [6, 6.07) is 5.10. The van der Waals surface area contributed by atoms with Crippen LogP contribution >= 0.6 is 0 Å². The molecule has 0 radical (unpaired) electrons. The van der Waals surface area contributed by atoms with Gasteiger partial charge in [0.05, 0.1) is 4.92 Å². The number of hydrogen-bond donors (Lipinski definition) is 2. The van der Waals surface area contributed by atoms with Crippen LogP contribution in [0.1, 0.15) is 43.7 Å². The minimum Gasteiger partial charge on any atom is -0.480 e. The van der Waals surface area contributed by atoms with Crippen LogP contribution in [-0.2, 0) is 4.79 Å². The van der Waals surface area contributed by atoms with Crippen molar-refractivity contribution in [1.82, 2.24) is 5.32 Å². The Bertz CT molecular complexity index is 498. The van der Waals surface area contributed by atoms with Crippen molar-refractivity contribution in [1.29, 1.82) is 0 Å². The third-order valence-electron chi connectivity index (χ3n) is 3.67. The molecule has 2 N–H and O–H groups in total. The Morgan fingerprint density at radius 3 is 2.65 bits per heavy atom. The standard InChI is InChI=1S/C14H18N2O4/c17-14(18)13(15-11-6-2-1-3-7-11)10-5-4-8-12(9-10)16(19)20/h4-5,8-9,11,13,15H,1-3,6-7H2,(H,17,18). The van der Waals surface area contributed by atoms with E-state index in [1.54, 1.807) is 6.07 Å². The molecule has 6 nitrogen and oxygen atoms in total. The van der Waals surface area contributed by atoms with E-state index < -0.39 is 16.9 Å². The molecule has 20 heavy (non-hydrogen) atoms. The van der Waals surface area contributed by atoms with Crippen molar-refractivity contribution in [2.45, 2.75) is 44.2 Å². The number of nitrogens with zero attached hydrogens (tertiary/aromatic N) is 1. The van der Waals surface area contributed by atoms with Crippen LogP contribution in [0.4, 0.5) is 5.69 Å². The Hall–Kier alpha value is -1.95. The molecule has 0 bridgehead atoms. The quantitative estimate of drug-likeness (QED) is 0.638. The van der Waals surface area contributed by atoms with Crippen LogP contribution in [0.25, 0.3) is 0 Å². The molecule has 1 aliphatic carbocycles. The number of nitro groups is 1. The molecule has 1 aliphatic rings. The molecule has 2 rings (SSSR count). The second-order valence-electron chi connectivity index (χ2n) is 5.12. The maximum Gasteiger partial charge on any atom is 0.325 e. The van der Waals surface area contributed by atoms with Gasteiger partial charge in [-0.2, -0.15) is 0 Å². The largest absolute Gasteiger partial charge is 0.480 e. The number of carbonyl (C=O) groups is 1. The van der Waals surface area contributed by atoms with Crippen molar-refractivity contribution in [2.75, 3.05) is 0 Å². The average Bonchev–Trinajstić information content (AvgIpc) is 2.45. The molecule has 1 atom stereocenters. The third kappa shape index (κ3) is 3.54. The van der Waals surface area contributed by atoms with Gasteiger partial charge < -0.3 is 5.11 Å². The lowest BCUT2D eigenvalue weighted by Crippen LogP contribution is -2.38. The fourth-order valence-corrected chi connectivity index (χ4v) is 2.63. The van der Waals surface area contributed by atoms with Gasteiger partial charge in [-0.15, -0.1) is 0 Å². The summed E-state index contributed by atoms with van der Waals surface area (Å²) >= 11 is 0. The second kappa shape index (κ2) is 6.47. The van der Waals surface area contributed by atoms with Crippen molar-refractivity contribution >= 4 is 11.7 Å². The smallest absolute Gasteiger partial charge is 0.325 e. The maximum atomic E-state index is 11.4. The number of non-ortho nitro benzene ring substituents is 1. The first-order valence-corrected chi connectivity index (χ1v) is 6.81. The highest BCUT2D eigenvalue weighted by Crippen LogP contribution is 2.24. The van der Waals surface area contributed by atoms with E-state index in [4.69, 9.17) is 0 Å². The van der Waals surface area contributed by atoms with Crippen molar-refractivity contribution in [3.63, 3.8) is 0 Å². The molecule has 6 heteroatoms. The van der Waals surface area contributed by atoms with Crippen LogP contribution in [0.2, 0.25) is 0 Å². The highest BCUT2D eigenvalue weighted by atomic mass is 16.6. The van der Waals surface area contributed by atoms with Gasteiger partial charge in [0.25, 0.3) is 5.69 Å². The summed E-state index contributed by atoms with van der Waals surface area (Å²) in [6.45, 7) is 0. The van der Waals surface area contributed by atoms with E-state index in [9.17, 15) is 20.0 Å². The molecule has 1 saturated carbocycles. The van der Waals surface area contributed by atoms with E-state index >= 15 is 0 Å². The molecule has 0 heterocycles. The summed E-state index contributed by atoms with van der Waals surface area (Å²) in [5.41, 5.74) is 0.344. The van der Waals surface area contributed by atoms with Gasteiger partial charge >= 0.3 is 5.97 Å². The Balaban J connectivity index is 2.17. The average molecular weight is 278 g/mol. The molecule has 0 aliphatic heterocycles. The van der Waals surface area contributed by atoms with E-state index in [1.807, 2.05) is 0 Å². The first-order valence-electron chi connectivity index (χ1n) is 6.81. The predicted octanol–water partition coefficient (Wildman–Crippen LogP) is 2.64. The van der Waals surface area contributed by atoms with E-state index in [0.717, 1.165) is 25.7 Å². The monoisotopic (exact) mass is 278 g/mol. The number of rotatable bonds is 5. The van der Waals surface area contributed by atoms with Crippen LogP contribution < -0.4 is 5.32 Å². The fraction of sp³-hybridized carbons (Fsp3) is 0.500. The molecule has 0 amide bonds. The summed E-state index contributed by atoms with van der Waals surface area (Å²) in [4.78, 5) is 21.7. The van der Waals surface area contributed by atoms with Crippen molar-refractivity contribution in [3.05, 3.63) is 39.9 Å². The Kier molecular flexibility index (Phi) is 4.68. The highest BCUT2D eigenvalue weighted by molar-refractivity contribution is 5.76. The summed E-state index contributed by atoms with van der Waals surface area (Å²) in [7, 11) is 0. The van der Waals surface area contributed by atoms with E-state index in [0.29, 0.717) is 5.56 Å². The third-order valence-corrected chi connectivity index (χ3v) is 3.67. The zero-order valence-electron chi connectivity index (χ0n) is 11.1. The van der Waals surface area contributed by atoms with Gasteiger partial charge in [0.1, 0.15) is 6.04 Å². The lowest BCUT2D eigenvalue weighted by molar-refractivity contribution is -0.384. The highest BCUT2D eigenvalue weighted by Gasteiger charge is 2.25. The van der Waals surface area contributed by atoms with Gasteiger partial charge in [0.2, 0.25) is 0 Å². The Morgan fingerprint density at radius 1 is 1.35 bits per heavy atom. The number of nitro benzene ring substituents is 1.